The molecule has 2 heterocycles. The van der Waals surface area contributed by atoms with Crippen molar-refractivity contribution in [2.24, 2.45) is 0 Å². The van der Waals surface area contributed by atoms with Gasteiger partial charge < -0.3 is 0 Å². The lowest BCUT2D eigenvalue weighted by Gasteiger charge is -2.12. The number of benzene rings is 9. The van der Waals surface area contributed by atoms with E-state index in [1.54, 1.807) is 0 Å². The van der Waals surface area contributed by atoms with Crippen LogP contribution in [0.4, 0.5) is 0 Å². The number of rotatable bonds is 7. The van der Waals surface area contributed by atoms with Crippen molar-refractivity contribution in [3.8, 4) is 78.7 Å². The van der Waals surface area contributed by atoms with Gasteiger partial charge in [-0.25, -0.2) is 15.0 Å². The van der Waals surface area contributed by atoms with Crippen molar-refractivity contribution in [3.05, 3.63) is 212 Å². The predicted octanol–water partition coefficient (Wildman–Crippen LogP) is 15.1. The molecule has 0 saturated heterocycles. The number of nitrogens with zero attached hydrogens (tertiary/aromatic N) is 3. The van der Waals surface area contributed by atoms with Crippen molar-refractivity contribution in [2.45, 2.75) is 0 Å². The number of fused-ring (bicyclic) bond motifs is 4. The smallest absolute Gasteiger partial charge is 0.164 e. The van der Waals surface area contributed by atoms with Crippen LogP contribution in [-0.4, -0.2) is 15.0 Å². The van der Waals surface area contributed by atoms with Gasteiger partial charge in [0.1, 0.15) is 0 Å². The van der Waals surface area contributed by atoms with E-state index in [0.29, 0.717) is 17.5 Å². The van der Waals surface area contributed by atoms with Gasteiger partial charge in [-0.05, 0) is 73.5 Å². The molecule has 276 valence electrons. The van der Waals surface area contributed by atoms with Gasteiger partial charge >= 0.3 is 0 Å². The summed E-state index contributed by atoms with van der Waals surface area (Å²) in [5.41, 5.74) is 12.4. The molecular weight excluding hydrogens is 735 g/mol. The third-order valence-electron chi connectivity index (χ3n) is 11.2. The van der Waals surface area contributed by atoms with E-state index < -0.39 is 0 Å². The molecule has 0 aliphatic carbocycles. The minimum atomic E-state index is 0.637. The molecular formula is C55H35N3S. The lowest BCUT2D eigenvalue weighted by Crippen LogP contribution is -2.01. The molecule has 0 radical (unpaired) electrons. The molecule has 0 aliphatic heterocycles. The fraction of sp³-hybridized carbons (Fsp3) is 0. The van der Waals surface area contributed by atoms with Gasteiger partial charge in [-0.2, -0.15) is 0 Å². The molecule has 0 fully saturated rings. The van der Waals surface area contributed by atoms with Crippen molar-refractivity contribution < 1.29 is 0 Å². The summed E-state index contributed by atoms with van der Waals surface area (Å²) in [6.07, 6.45) is 0. The Labute approximate surface area is 346 Å². The van der Waals surface area contributed by atoms with Gasteiger partial charge in [-0.3, -0.25) is 0 Å². The van der Waals surface area contributed by atoms with Crippen LogP contribution in [0.5, 0.6) is 0 Å². The van der Waals surface area contributed by atoms with Gasteiger partial charge in [-0.1, -0.05) is 194 Å². The Hall–Kier alpha value is -7.53. The monoisotopic (exact) mass is 769 g/mol. The highest BCUT2D eigenvalue weighted by atomic mass is 32.1. The first kappa shape index (κ1) is 34.7. The van der Waals surface area contributed by atoms with Crippen LogP contribution < -0.4 is 0 Å². The van der Waals surface area contributed by atoms with Crippen molar-refractivity contribution >= 4 is 42.3 Å². The number of hydrogen-bond acceptors (Lipinski definition) is 4. The fourth-order valence-electron chi connectivity index (χ4n) is 8.24. The molecule has 59 heavy (non-hydrogen) atoms. The molecule has 11 rings (SSSR count). The van der Waals surface area contributed by atoms with E-state index in [2.05, 4.69) is 206 Å². The summed E-state index contributed by atoms with van der Waals surface area (Å²) in [6.45, 7) is 0. The number of aromatic nitrogens is 3. The normalized spacial score (nSPS) is 11.4. The summed E-state index contributed by atoms with van der Waals surface area (Å²) in [6, 6.07) is 75.2. The summed E-state index contributed by atoms with van der Waals surface area (Å²) >= 11 is 1.82. The Bertz CT molecular complexity index is 3300. The molecule has 0 aliphatic rings. The highest BCUT2D eigenvalue weighted by Crippen LogP contribution is 2.44. The first-order chi connectivity index (χ1) is 29.2. The van der Waals surface area contributed by atoms with E-state index in [4.69, 9.17) is 15.0 Å². The molecule has 0 unspecified atom stereocenters. The quantitative estimate of drug-likeness (QED) is 0.162. The van der Waals surface area contributed by atoms with Gasteiger partial charge in [0, 0.05) is 36.9 Å². The molecule has 0 spiro atoms. The second kappa shape index (κ2) is 14.8. The van der Waals surface area contributed by atoms with Gasteiger partial charge in [0.15, 0.2) is 17.5 Å². The van der Waals surface area contributed by atoms with E-state index in [0.717, 1.165) is 38.4 Å². The molecule has 0 atom stereocenters. The van der Waals surface area contributed by atoms with Gasteiger partial charge in [0.2, 0.25) is 0 Å². The van der Waals surface area contributed by atoms with Crippen LogP contribution in [0.15, 0.2) is 212 Å². The minimum Gasteiger partial charge on any atom is -0.208 e. The number of hydrogen-bond donors (Lipinski definition) is 0. The molecule has 11 aromatic rings. The second-order valence-corrected chi connectivity index (χ2v) is 15.8. The average molecular weight is 770 g/mol. The highest BCUT2D eigenvalue weighted by molar-refractivity contribution is 7.26. The summed E-state index contributed by atoms with van der Waals surface area (Å²) in [5, 5.41) is 4.57. The van der Waals surface area contributed by atoms with E-state index in [1.165, 1.54) is 53.7 Å². The molecule has 0 amide bonds. The first-order valence-corrected chi connectivity index (χ1v) is 20.7. The molecule has 3 nitrogen and oxygen atoms in total. The summed E-state index contributed by atoms with van der Waals surface area (Å²) in [4.78, 5) is 15.9. The zero-order valence-corrected chi connectivity index (χ0v) is 32.8. The maximum absolute atomic E-state index is 5.34. The Morgan fingerprint density at radius 1 is 0.288 bits per heavy atom. The lowest BCUT2D eigenvalue weighted by atomic mass is 9.97. The zero-order valence-electron chi connectivity index (χ0n) is 32.0. The number of thiophene rings is 1. The van der Waals surface area contributed by atoms with Gasteiger partial charge in [0.25, 0.3) is 0 Å². The van der Waals surface area contributed by atoms with Crippen LogP contribution >= 0.6 is 11.3 Å². The maximum Gasteiger partial charge on any atom is 0.164 e. The molecule has 9 aromatic carbocycles. The largest absolute Gasteiger partial charge is 0.208 e. The SMILES string of the molecule is c1ccc(-c2ccc(-c3nc(-c4cccc5cc(-c6ccccc6)ccc45)nc(-c4cccc5sc6c(-c7cccc(-c8ccccc8)c7)cccc6c45)n3)cc2)cc1. The van der Waals surface area contributed by atoms with Crippen LogP contribution in [0.1, 0.15) is 0 Å². The van der Waals surface area contributed by atoms with E-state index in [1.807, 2.05) is 17.4 Å². The topological polar surface area (TPSA) is 38.7 Å². The third kappa shape index (κ3) is 6.46. The first-order valence-electron chi connectivity index (χ1n) is 19.8. The Kier molecular flexibility index (Phi) is 8.68. The molecule has 2 aromatic heterocycles. The second-order valence-electron chi connectivity index (χ2n) is 14.8. The van der Waals surface area contributed by atoms with Crippen LogP contribution in [0.25, 0.3) is 110 Å². The lowest BCUT2D eigenvalue weighted by molar-refractivity contribution is 1.08. The van der Waals surface area contributed by atoms with Crippen molar-refractivity contribution in [3.63, 3.8) is 0 Å². The Balaban J connectivity index is 1.09. The van der Waals surface area contributed by atoms with Crippen LogP contribution in [0.3, 0.4) is 0 Å². The fourth-order valence-corrected chi connectivity index (χ4v) is 9.50. The zero-order chi connectivity index (χ0) is 39.1. The van der Waals surface area contributed by atoms with Crippen molar-refractivity contribution in [2.75, 3.05) is 0 Å². The van der Waals surface area contributed by atoms with Crippen LogP contribution in [-0.2, 0) is 0 Å². The van der Waals surface area contributed by atoms with Crippen LogP contribution in [0.2, 0.25) is 0 Å². The maximum atomic E-state index is 5.34. The summed E-state index contributed by atoms with van der Waals surface area (Å²) in [5.74, 6) is 1.93. The van der Waals surface area contributed by atoms with E-state index >= 15 is 0 Å². The van der Waals surface area contributed by atoms with E-state index in [-0.39, 0.29) is 0 Å². The summed E-state index contributed by atoms with van der Waals surface area (Å²) < 4.78 is 2.44. The van der Waals surface area contributed by atoms with Gasteiger partial charge in [-0.15, -0.1) is 11.3 Å². The highest BCUT2D eigenvalue weighted by Gasteiger charge is 2.20. The Morgan fingerprint density at radius 2 is 0.780 bits per heavy atom. The molecule has 0 N–H and O–H groups in total. The van der Waals surface area contributed by atoms with E-state index in [9.17, 15) is 0 Å². The standard InChI is InChI=1S/C55H35N3S/c1-4-14-36(15-5-1)39-28-30-40(31-29-39)53-56-54(47-24-11-22-43-35-42(32-33-45(43)47)38-18-8-3-9-19-38)58-55(57-53)49-26-13-27-50-51(49)48-25-12-23-46(52(48)59-50)44-21-10-20-41(34-44)37-16-6-2-7-17-37/h1-35H. The third-order valence-corrected chi connectivity index (χ3v) is 12.4. The average Bonchev–Trinajstić information content (AvgIpc) is 3.71. The van der Waals surface area contributed by atoms with Crippen LogP contribution in [0, 0.1) is 0 Å². The van der Waals surface area contributed by atoms with Crippen molar-refractivity contribution in [1.29, 1.82) is 0 Å². The molecule has 4 heteroatoms. The predicted molar refractivity (Wildman–Crippen MR) is 248 cm³/mol. The van der Waals surface area contributed by atoms with Gasteiger partial charge in [0.05, 0.1) is 0 Å². The summed E-state index contributed by atoms with van der Waals surface area (Å²) in [7, 11) is 0. The minimum absolute atomic E-state index is 0.637. The molecule has 0 bridgehead atoms. The molecule has 0 saturated carbocycles. The Morgan fingerprint density at radius 3 is 1.51 bits per heavy atom. The van der Waals surface area contributed by atoms with Crippen molar-refractivity contribution in [1.82, 2.24) is 15.0 Å².